The van der Waals surface area contributed by atoms with Gasteiger partial charge >= 0.3 is 18.0 Å². The van der Waals surface area contributed by atoms with Gasteiger partial charge in [-0.1, -0.05) is 0 Å². The van der Waals surface area contributed by atoms with Crippen molar-refractivity contribution in [3.05, 3.63) is 0 Å². The van der Waals surface area contributed by atoms with E-state index in [0.29, 0.717) is 0 Å². The van der Waals surface area contributed by atoms with Crippen LogP contribution in [0.5, 0.6) is 0 Å². The monoisotopic (exact) mass is 324 g/mol. The van der Waals surface area contributed by atoms with Crippen LogP contribution in [0.3, 0.4) is 0 Å². The van der Waals surface area contributed by atoms with Gasteiger partial charge in [-0.2, -0.15) is 0 Å². The number of aliphatic carboxylic acids is 2. The molecule has 0 rings (SSSR count). The molecule has 0 saturated heterocycles. The Morgan fingerprint density at radius 1 is 1.24 bits per heavy atom. The van der Waals surface area contributed by atoms with Crippen LogP contribution >= 0.6 is 0 Å². The summed E-state index contributed by atoms with van der Waals surface area (Å²) in [6, 6.07) is -1.93. The zero-order valence-electron chi connectivity index (χ0n) is 11.9. The number of carboxylic acids is 2. The van der Waals surface area contributed by atoms with Crippen LogP contribution in [0.1, 0.15) is 19.3 Å². The van der Waals surface area contributed by atoms with Gasteiger partial charge in [-0.25, -0.2) is 18.0 Å². The second kappa shape index (κ2) is 8.45. The third-order valence-corrected chi connectivity index (χ3v) is 3.55. The molecule has 0 saturated carbocycles. The van der Waals surface area contributed by atoms with Crippen molar-refractivity contribution in [2.24, 2.45) is 0 Å². The molecule has 0 aromatic heterocycles. The molecule has 0 fully saturated rings. The number of hydrogen-bond donors (Lipinski definition) is 3. The molecule has 0 unspecified atom stereocenters. The Bertz CT molecular complexity index is 489. The van der Waals surface area contributed by atoms with Gasteiger partial charge in [0.25, 0.3) is 0 Å². The van der Waals surface area contributed by atoms with Crippen molar-refractivity contribution in [2.75, 3.05) is 25.6 Å². The van der Waals surface area contributed by atoms with Crippen molar-refractivity contribution in [3.8, 4) is 0 Å². The summed E-state index contributed by atoms with van der Waals surface area (Å²) in [4.78, 5) is 34.1. The summed E-state index contributed by atoms with van der Waals surface area (Å²) in [6.45, 7) is -0.0634. The molecule has 0 bridgehead atoms. The fourth-order valence-electron chi connectivity index (χ4n) is 1.38. The Morgan fingerprint density at radius 3 is 2.24 bits per heavy atom. The molecule has 3 N–H and O–H groups in total. The van der Waals surface area contributed by atoms with Crippen LogP contribution < -0.4 is 5.32 Å². The van der Waals surface area contributed by atoms with Crippen LogP contribution in [0.25, 0.3) is 0 Å². The van der Waals surface area contributed by atoms with E-state index in [1.807, 2.05) is 0 Å². The predicted molar refractivity (Wildman–Crippen MR) is 73.8 cm³/mol. The van der Waals surface area contributed by atoms with Gasteiger partial charge in [0, 0.05) is 26.3 Å². The summed E-state index contributed by atoms with van der Waals surface area (Å²) in [7, 11) is -1.88. The Labute approximate surface area is 122 Å². The van der Waals surface area contributed by atoms with Gasteiger partial charge in [-0.3, -0.25) is 4.79 Å². The quantitative estimate of drug-likeness (QED) is 0.513. The number of rotatable bonds is 9. The van der Waals surface area contributed by atoms with Gasteiger partial charge in [-0.05, 0) is 12.8 Å². The molecule has 21 heavy (non-hydrogen) atoms. The summed E-state index contributed by atoms with van der Waals surface area (Å²) in [5.74, 6) is -2.55. The lowest BCUT2D eigenvalue weighted by molar-refractivity contribution is -0.140. The maximum Gasteiger partial charge on any atom is 0.326 e. The van der Waals surface area contributed by atoms with Gasteiger partial charge in [0.2, 0.25) is 0 Å². The maximum atomic E-state index is 11.7. The lowest BCUT2D eigenvalue weighted by Gasteiger charge is -2.21. The van der Waals surface area contributed by atoms with Crippen LogP contribution in [0, 0.1) is 0 Å². The van der Waals surface area contributed by atoms with Crippen molar-refractivity contribution < 1.29 is 33.0 Å². The SMILES string of the molecule is CN(CCS(C)(=O)=O)C(=O)N[C@H](CCCC(=O)O)C(=O)O. The molecule has 0 heterocycles. The first-order valence-corrected chi connectivity index (χ1v) is 8.23. The standard InChI is InChI=1S/C11H20N2O7S/c1-13(6-7-21(2,19)20)11(18)12-8(10(16)17)4-3-5-9(14)15/h8H,3-7H2,1-2H3,(H,12,18)(H,14,15)(H,16,17)/t8-/m1/s1. The fraction of sp³-hybridized carbons (Fsp3) is 0.727. The molecule has 0 aliphatic carbocycles. The number of sulfone groups is 1. The normalized spacial score (nSPS) is 12.5. The zero-order chi connectivity index (χ0) is 16.6. The molecule has 2 amide bonds. The Morgan fingerprint density at radius 2 is 1.81 bits per heavy atom. The first-order valence-electron chi connectivity index (χ1n) is 6.17. The minimum absolute atomic E-state index is 0.0205. The van der Waals surface area contributed by atoms with E-state index >= 15 is 0 Å². The van der Waals surface area contributed by atoms with Gasteiger partial charge in [0.05, 0.1) is 5.75 Å². The highest BCUT2D eigenvalue weighted by molar-refractivity contribution is 7.90. The summed E-state index contributed by atoms with van der Waals surface area (Å²) < 4.78 is 22.0. The maximum absolute atomic E-state index is 11.7. The Kier molecular flexibility index (Phi) is 7.71. The molecular formula is C11H20N2O7S. The van der Waals surface area contributed by atoms with Crippen LogP contribution in [-0.2, 0) is 19.4 Å². The van der Waals surface area contributed by atoms with Gasteiger partial charge in [-0.15, -0.1) is 0 Å². The first kappa shape index (κ1) is 19.2. The van der Waals surface area contributed by atoms with E-state index < -0.39 is 33.8 Å². The number of carboxylic acid groups (broad SMARTS) is 2. The molecular weight excluding hydrogens is 304 g/mol. The highest BCUT2D eigenvalue weighted by atomic mass is 32.2. The molecule has 1 atom stereocenters. The third kappa shape index (κ3) is 9.66. The summed E-state index contributed by atoms with van der Waals surface area (Å²) in [6.07, 6.45) is 0.932. The van der Waals surface area contributed by atoms with Crippen molar-refractivity contribution in [3.63, 3.8) is 0 Å². The topological polar surface area (TPSA) is 141 Å². The van der Waals surface area contributed by atoms with E-state index in [4.69, 9.17) is 10.2 Å². The molecule has 9 nitrogen and oxygen atoms in total. The van der Waals surface area contributed by atoms with Gasteiger partial charge in [0.1, 0.15) is 15.9 Å². The van der Waals surface area contributed by atoms with Crippen LogP contribution in [0.15, 0.2) is 0 Å². The van der Waals surface area contributed by atoms with Crippen molar-refractivity contribution in [2.45, 2.75) is 25.3 Å². The van der Waals surface area contributed by atoms with Crippen LogP contribution in [0.2, 0.25) is 0 Å². The van der Waals surface area contributed by atoms with Crippen LogP contribution in [0.4, 0.5) is 4.79 Å². The minimum Gasteiger partial charge on any atom is -0.481 e. The smallest absolute Gasteiger partial charge is 0.326 e. The van der Waals surface area contributed by atoms with Gasteiger partial charge < -0.3 is 20.4 Å². The molecule has 0 aromatic rings. The van der Waals surface area contributed by atoms with Crippen LogP contribution in [-0.4, -0.2) is 73.1 Å². The molecule has 10 heteroatoms. The zero-order valence-corrected chi connectivity index (χ0v) is 12.7. The number of amides is 2. The molecule has 0 aliphatic heterocycles. The number of hydrogen-bond acceptors (Lipinski definition) is 5. The Balaban J connectivity index is 4.39. The number of nitrogens with one attached hydrogen (secondary N) is 1. The largest absolute Gasteiger partial charge is 0.481 e. The highest BCUT2D eigenvalue weighted by Gasteiger charge is 2.22. The van der Waals surface area contributed by atoms with E-state index in [2.05, 4.69) is 5.32 Å². The number of urea groups is 1. The van der Waals surface area contributed by atoms with E-state index in [-0.39, 0.29) is 31.6 Å². The van der Waals surface area contributed by atoms with E-state index in [0.717, 1.165) is 11.2 Å². The second-order valence-corrected chi connectivity index (χ2v) is 6.94. The van der Waals surface area contributed by atoms with Crippen molar-refractivity contribution in [1.82, 2.24) is 10.2 Å². The molecule has 0 aromatic carbocycles. The summed E-state index contributed by atoms with van der Waals surface area (Å²) in [5.41, 5.74) is 0. The van der Waals surface area contributed by atoms with Gasteiger partial charge in [0.15, 0.2) is 0 Å². The first-order chi connectivity index (χ1) is 9.53. The third-order valence-electron chi connectivity index (χ3n) is 2.62. The average molecular weight is 324 g/mol. The lowest BCUT2D eigenvalue weighted by Crippen LogP contribution is -2.47. The molecule has 122 valence electrons. The second-order valence-electron chi connectivity index (χ2n) is 4.68. The highest BCUT2D eigenvalue weighted by Crippen LogP contribution is 2.03. The van der Waals surface area contributed by atoms with E-state index in [1.54, 1.807) is 0 Å². The fourth-order valence-corrected chi connectivity index (χ4v) is 1.98. The minimum atomic E-state index is -3.22. The molecule has 0 radical (unpaired) electrons. The molecule has 0 aliphatic rings. The number of nitrogens with zero attached hydrogens (tertiary/aromatic N) is 1. The average Bonchev–Trinajstić information content (AvgIpc) is 2.32. The number of carbonyl (C=O) groups excluding carboxylic acids is 1. The van der Waals surface area contributed by atoms with E-state index in [1.165, 1.54) is 7.05 Å². The van der Waals surface area contributed by atoms with Crippen molar-refractivity contribution in [1.29, 1.82) is 0 Å². The summed E-state index contributed by atoms with van der Waals surface area (Å²) >= 11 is 0. The lowest BCUT2D eigenvalue weighted by atomic mass is 10.1. The molecule has 0 spiro atoms. The predicted octanol–water partition coefficient (Wildman–Crippen LogP) is -0.619. The summed E-state index contributed by atoms with van der Waals surface area (Å²) in [5, 5.41) is 19.7. The van der Waals surface area contributed by atoms with Crippen molar-refractivity contribution >= 4 is 27.8 Å². The number of carbonyl (C=O) groups is 3. The van der Waals surface area contributed by atoms with E-state index in [9.17, 15) is 22.8 Å². The Hall–Kier alpha value is -1.84.